The third kappa shape index (κ3) is 5.46. The van der Waals surface area contributed by atoms with Crippen LogP contribution in [0, 0.1) is 6.92 Å². The Morgan fingerprint density at radius 3 is 2.69 bits per heavy atom. The van der Waals surface area contributed by atoms with E-state index in [1.54, 1.807) is 38.3 Å². The SMILES string of the molecule is COc1ccccc1CNC(=O)c1sc(NC(=O)Nc2cccc(Cl)c2)nc1C. The molecule has 0 bridgehead atoms. The number of methoxy groups -OCH3 is 1. The van der Waals surface area contributed by atoms with E-state index in [1.807, 2.05) is 24.3 Å². The molecule has 2 aromatic carbocycles. The fraction of sp³-hybridized carbons (Fsp3) is 0.150. The molecule has 1 aromatic heterocycles. The van der Waals surface area contributed by atoms with Crippen molar-refractivity contribution in [2.45, 2.75) is 13.5 Å². The summed E-state index contributed by atoms with van der Waals surface area (Å²) < 4.78 is 5.29. The van der Waals surface area contributed by atoms with Crippen molar-refractivity contribution in [1.29, 1.82) is 0 Å². The Hall–Kier alpha value is -3.10. The van der Waals surface area contributed by atoms with Crippen molar-refractivity contribution in [2.24, 2.45) is 0 Å². The molecule has 1 heterocycles. The number of benzene rings is 2. The number of carbonyl (C=O) groups excluding carboxylic acids is 2. The van der Waals surface area contributed by atoms with Gasteiger partial charge in [0.1, 0.15) is 10.6 Å². The zero-order chi connectivity index (χ0) is 20.8. The van der Waals surface area contributed by atoms with Crippen molar-refractivity contribution < 1.29 is 14.3 Å². The molecule has 3 N–H and O–H groups in total. The fourth-order valence-corrected chi connectivity index (χ4v) is 3.66. The van der Waals surface area contributed by atoms with Crippen LogP contribution in [0.1, 0.15) is 20.9 Å². The van der Waals surface area contributed by atoms with Crippen LogP contribution in [0.5, 0.6) is 5.75 Å². The molecule has 0 fully saturated rings. The van der Waals surface area contributed by atoms with Gasteiger partial charge in [-0.2, -0.15) is 0 Å². The number of hydrogen-bond donors (Lipinski definition) is 3. The molecule has 0 atom stereocenters. The molecule has 0 unspecified atom stereocenters. The molecule has 0 saturated heterocycles. The summed E-state index contributed by atoms with van der Waals surface area (Å²) in [6.07, 6.45) is 0. The zero-order valence-electron chi connectivity index (χ0n) is 15.8. The molecule has 0 saturated carbocycles. The second kappa shape index (κ2) is 9.40. The van der Waals surface area contributed by atoms with Gasteiger partial charge in [0.15, 0.2) is 5.13 Å². The van der Waals surface area contributed by atoms with Crippen LogP contribution >= 0.6 is 22.9 Å². The molecule has 0 aliphatic rings. The van der Waals surface area contributed by atoms with Crippen LogP contribution in [-0.2, 0) is 6.54 Å². The summed E-state index contributed by atoms with van der Waals surface area (Å²) in [6.45, 7) is 2.03. The molecule has 0 radical (unpaired) electrons. The summed E-state index contributed by atoms with van der Waals surface area (Å²) >= 11 is 7.01. The van der Waals surface area contributed by atoms with Crippen molar-refractivity contribution in [3.05, 3.63) is 69.7 Å². The number of aryl methyl sites for hydroxylation is 1. The number of thiazole rings is 1. The van der Waals surface area contributed by atoms with Gasteiger partial charge in [0, 0.05) is 22.8 Å². The molecule has 3 aromatic rings. The summed E-state index contributed by atoms with van der Waals surface area (Å²) in [6, 6.07) is 13.8. The summed E-state index contributed by atoms with van der Waals surface area (Å²) in [5, 5.41) is 8.99. The van der Waals surface area contributed by atoms with Crippen molar-refractivity contribution >= 4 is 45.7 Å². The van der Waals surface area contributed by atoms with Gasteiger partial charge in [-0.25, -0.2) is 9.78 Å². The number of anilines is 2. The fourth-order valence-electron chi connectivity index (χ4n) is 2.59. The largest absolute Gasteiger partial charge is 0.496 e. The highest BCUT2D eigenvalue weighted by molar-refractivity contribution is 7.17. The maximum Gasteiger partial charge on any atom is 0.325 e. The number of para-hydroxylation sites is 1. The Kier molecular flexibility index (Phi) is 6.69. The molecular formula is C20H19ClN4O3S. The maximum atomic E-state index is 12.5. The van der Waals surface area contributed by atoms with E-state index >= 15 is 0 Å². The molecule has 0 aliphatic carbocycles. The molecule has 29 heavy (non-hydrogen) atoms. The third-order valence-electron chi connectivity index (χ3n) is 3.94. The van der Waals surface area contributed by atoms with Crippen molar-refractivity contribution in [2.75, 3.05) is 17.7 Å². The lowest BCUT2D eigenvalue weighted by Gasteiger charge is -2.09. The number of ether oxygens (including phenoxy) is 1. The van der Waals surface area contributed by atoms with Crippen LogP contribution in [0.25, 0.3) is 0 Å². The quantitative estimate of drug-likeness (QED) is 0.529. The first kappa shape index (κ1) is 20.6. The second-order valence-corrected chi connectivity index (χ2v) is 7.45. The average Bonchev–Trinajstić information content (AvgIpc) is 3.06. The van der Waals surface area contributed by atoms with Crippen molar-refractivity contribution in [3.63, 3.8) is 0 Å². The first-order chi connectivity index (χ1) is 14.0. The molecule has 0 aliphatic heterocycles. The van der Waals surface area contributed by atoms with Gasteiger partial charge < -0.3 is 15.4 Å². The monoisotopic (exact) mass is 430 g/mol. The predicted molar refractivity (Wildman–Crippen MR) is 115 cm³/mol. The maximum absolute atomic E-state index is 12.5. The van der Waals surface area contributed by atoms with Gasteiger partial charge in [-0.15, -0.1) is 0 Å². The number of halogens is 1. The van der Waals surface area contributed by atoms with Gasteiger partial charge >= 0.3 is 6.03 Å². The normalized spacial score (nSPS) is 10.3. The smallest absolute Gasteiger partial charge is 0.325 e. The average molecular weight is 431 g/mol. The lowest BCUT2D eigenvalue weighted by molar-refractivity contribution is 0.0954. The second-order valence-electron chi connectivity index (χ2n) is 6.02. The summed E-state index contributed by atoms with van der Waals surface area (Å²) in [4.78, 5) is 29.4. The Balaban J connectivity index is 1.61. The van der Waals surface area contributed by atoms with Gasteiger partial charge in [0.25, 0.3) is 5.91 Å². The molecule has 150 valence electrons. The number of urea groups is 1. The summed E-state index contributed by atoms with van der Waals surface area (Å²) in [5.74, 6) is 0.433. The first-order valence-corrected chi connectivity index (χ1v) is 9.87. The number of nitrogens with one attached hydrogen (secondary N) is 3. The Morgan fingerprint density at radius 2 is 1.93 bits per heavy atom. The number of rotatable bonds is 6. The number of aromatic nitrogens is 1. The van der Waals surface area contributed by atoms with E-state index in [9.17, 15) is 9.59 Å². The van der Waals surface area contributed by atoms with Gasteiger partial charge in [-0.3, -0.25) is 10.1 Å². The van der Waals surface area contributed by atoms with E-state index in [0.29, 0.717) is 38.7 Å². The summed E-state index contributed by atoms with van der Waals surface area (Å²) in [5.41, 5.74) is 1.95. The van der Waals surface area contributed by atoms with Crippen LogP contribution in [0.15, 0.2) is 48.5 Å². The standard InChI is InChI=1S/C20H19ClN4O3S/c1-12-17(18(26)22-11-13-6-3-4-9-16(13)28-2)29-20(23-12)25-19(27)24-15-8-5-7-14(21)10-15/h3-10H,11H2,1-2H3,(H,22,26)(H2,23,24,25,27). The van der Waals surface area contributed by atoms with Crippen LogP contribution in [0.4, 0.5) is 15.6 Å². The number of carbonyl (C=O) groups is 2. The lowest BCUT2D eigenvalue weighted by Crippen LogP contribution is -2.22. The minimum absolute atomic E-state index is 0.269. The molecular weight excluding hydrogens is 412 g/mol. The van der Waals surface area contributed by atoms with Crippen LogP contribution in [0.2, 0.25) is 5.02 Å². The topological polar surface area (TPSA) is 92.4 Å². The molecule has 7 nitrogen and oxygen atoms in total. The van der Waals surface area contributed by atoms with Crippen molar-refractivity contribution in [1.82, 2.24) is 10.3 Å². The number of amides is 3. The van der Waals surface area contributed by atoms with Crippen molar-refractivity contribution in [3.8, 4) is 5.75 Å². The number of hydrogen-bond acceptors (Lipinski definition) is 5. The lowest BCUT2D eigenvalue weighted by atomic mass is 10.2. The zero-order valence-corrected chi connectivity index (χ0v) is 17.4. The van der Waals surface area contributed by atoms with Crippen LogP contribution in [0.3, 0.4) is 0 Å². The van der Waals surface area contributed by atoms with E-state index in [0.717, 1.165) is 16.9 Å². The Morgan fingerprint density at radius 1 is 1.14 bits per heavy atom. The molecule has 3 amide bonds. The molecule has 0 spiro atoms. The third-order valence-corrected chi connectivity index (χ3v) is 5.24. The predicted octanol–water partition coefficient (Wildman–Crippen LogP) is 4.69. The number of nitrogens with zero attached hydrogens (tertiary/aromatic N) is 1. The first-order valence-electron chi connectivity index (χ1n) is 8.67. The molecule has 9 heteroatoms. The Labute approximate surface area is 177 Å². The summed E-state index contributed by atoms with van der Waals surface area (Å²) in [7, 11) is 1.58. The van der Waals surface area contributed by atoms with Crippen LogP contribution in [-0.4, -0.2) is 24.0 Å². The van der Waals surface area contributed by atoms with E-state index < -0.39 is 6.03 Å². The van der Waals surface area contributed by atoms with Gasteiger partial charge in [0.05, 0.1) is 12.8 Å². The highest BCUT2D eigenvalue weighted by Crippen LogP contribution is 2.24. The van der Waals surface area contributed by atoms with Gasteiger partial charge in [-0.05, 0) is 31.2 Å². The molecule has 3 rings (SSSR count). The Bertz CT molecular complexity index is 1040. The highest BCUT2D eigenvalue weighted by Gasteiger charge is 2.17. The van der Waals surface area contributed by atoms with Gasteiger partial charge in [0.2, 0.25) is 0 Å². The van der Waals surface area contributed by atoms with Gasteiger partial charge in [-0.1, -0.05) is 47.2 Å². The minimum atomic E-state index is -0.470. The van der Waals surface area contributed by atoms with E-state index in [1.165, 1.54) is 0 Å². The van der Waals surface area contributed by atoms with Crippen LogP contribution < -0.4 is 20.7 Å². The van der Waals surface area contributed by atoms with E-state index in [4.69, 9.17) is 16.3 Å². The highest BCUT2D eigenvalue weighted by atomic mass is 35.5. The minimum Gasteiger partial charge on any atom is -0.496 e. The van der Waals surface area contributed by atoms with E-state index in [2.05, 4.69) is 20.9 Å². The van der Waals surface area contributed by atoms with E-state index in [-0.39, 0.29) is 5.91 Å².